The van der Waals surface area contributed by atoms with E-state index in [0.29, 0.717) is 0 Å². The van der Waals surface area contributed by atoms with Crippen LogP contribution in [0, 0.1) is 0 Å². The molecule has 0 atom stereocenters. The molecule has 0 aromatic carbocycles. The summed E-state index contributed by atoms with van der Waals surface area (Å²) < 4.78 is 0. The van der Waals surface area contributed by atoms with Crippen LogP contribution in [0.3, 0.4) is 0 Å². The molecule has 0 spiro atoms. The Hall–Kier alpha value is -1.30. The van der Waals surface area contributed by atoms with Gasteiger partial charge in [-0.2, -0.15) is 0 Å². The molecule has 0 aliphatic carbocycles. The fourth-order valence-corrected chi connectivity index (χ4v) is 0.236. The van der Waals surface area contributed by atoms with Crippen molar-refractivity contribution in [2.24, 2.45) is 0 Å². The summed E-state index contributed by atoms with van der Waals surface area (Å²) in [5.41, 5.74) is 0. The van der Waals surface area contributed by atoms with E-state index in [1.165, 1.54) is 0 Å². The Morgan fingerprint density at radius 3 is 1.08 bits per heavy atom. The standard InChI is InChI=1S/C6H10.C4H6.C3H6/c1-3-5-6-4-2;1-3-4-2;1-3-2/h3-4H,1-2,5-6H2;3-4H,1-2H2;3H,1H2,2H3. The predicted octanol–water partition coefficient (Wildman–Crippen LogP) is 4.69. The van der Waals surface area contributed by atoms with Crippen molar-refractivity contribution < 1.29 is 0 Å². The molecule has 0 rings (SSSR count). The summed E-state index contributed by atoms with van der Waals surface area (Å²) in [6, 6.07) is 0. The van der Waals surface area contributed by atoms with E-state index >= 15 is 0 Å². The van der Waals surface area contributed by atoms with E-state index in [0.717, 1.165) is 12.8 Å². The molecule has 0 heteroatoms. The van der Waals surface area contributed by atoms with Crippen molar-refractivity contribution in [3.8, 4) is 0 Å². The van der Waals surface area contributed by atoms with E-state index in [4.69, 9.17) is 0 Å². The van der Waals surface area contributed by atoms with Crippen molar-refractivity contribution >= 4 is 0 Å². The third-order valence-corrected chi connectivity index (χ3v) is 0.742. The molecular weight excluding hydrogens is 156 g/mol. The van der Waals surface area contributed by atoms with Crippen LogP contribution in [0.25, 0.3) is 0 Å². The molecule has 0 aliphatic rings. The van der Waals surface area contributed by atoms with Crippen LogP contribution in [0.5, 0.6) is 0 Å². The lowest BCUT2D eigenvalue weighted by atomic mass is 10.3. The van der Waals surface area contributed by atoms with Crippen molar-refractivity contribution in [2.45, 2.75) is 19.8 Å². The molecule has 0 N–H and O–H groups in total. The Kier molecular flexibility index (Phi) is 42.2. The van der Waals surface area contributed by atoms with Gasteiger partial charge in [-0.05, 0) is 19.8 Å². The summed E-state index contributed by atoms with van der Waals surface area (Å²) in [6.45, 7) is 19.1. The number of unbranched alkanes of at least 4 members (excludes halogenated alkanes) is 1. The van der Waals surface area contributed by atoms with Gasteiger partial charge < -0.3 is 0 Å². The van der Waals surface area contributed by atoms with Crippen LogP contribution in [-0.2, 0) is 0 Å². The van der Waals surface area contributed by atoms with E-state index < -0.39 is 0 Å². The Morgan fingerprint density at radius 2 is 1.00 bits per heavy atom. The van der Waals surface area contributed by atoms with Gasteiger partial charge in [-0.3, -0.25) is 0 Å². The minimum atomic E-state index is 1.06. The highest BCUT2D eigenvalue weighted by Gasteiger charge is 1.66. The van der Waals surface area contributed by atoms with Gasteiger partial charge >= 0.3 is 0 Å². The van der Waals surface area contributed by atoms with Crippen LogP contribution in [0.4, 0.5) is 0 Å². The summed E-state index contributed by atoms with van der Waals surface area (Å²) >= 11 is 0. The fraction of sp³-hybridized carbons (Fsp3) is 0.231. The Labute approximate surface area is 83.7 Å². The normalized spacial score (nSPS) is 5.92. The first-order valence-electron chi connectivity index (χ1n) is 4.27. The average Bonchev–Trinajstić information content (AvgIpc) is 2.16. The van der Waals surface area contributed by atoms with Crippen LogP contribution in [0.2, 0.25) is 0 Å². The summed E-state index contributed by atoms with van der Waals surface area (Å²) in [5.74, 6) is 0. The van der Waals surface area contributed by atoms with Crippen molar-refractivity contribution in [3.63, 3.8) is 0 Å². The zero-order chi connectivity index (χ0) is 10.9. The largest absolute Gasteiger partial charge is 0.103 e. The van der Waals surface area contributed by atoms with Gasteiger partial charge in [0, 0.05) is 0 Å². The van der Waals surface area contributed by atoms with Crippen LogP contribution in [-0.4, -0.2) is 0 Å². The van der Waals surface area contributed by atoms with E-state index in [1.807, 2.05) is 19.1 Å². The molecule has 0 saturated heterocycles. The van der Waals surface area contributed by atoms with Crippen LogP contribution >= 0.6 is 0 Å². The maximum absolute atomic E-state index is 3.55. The lowest BCUT2D eigenvalue weighted by Crippen LogP contribution is -1.56. The summed E-state index contributed by atoms with van der Waals surface area (Å²) in [4.78, 5) is 0. The molecule has 0 saturated carbocycles. The number of hydrogen-bond acceptors (Lipinski definition) is 0. The molecular formula is C13H22. The second-order valence-electron chi connectivity index (χ2n) is 2.03. The molecule has 0 unspecified atom stereocenters. The van der Waals surface area contributed by atoms with E-state index in [-0.39, 0.29) is 0 Å². The molecule has 0 fully saturated rings. The lowest BCUT2D eigenvalue weighted by Gasteiger charge is -1.76. The van der Waals surface area contributed by atoms with Gasteiger partial charge in [0.25, 0.3) is 0 Å². The van der Waals surface area contributed by atoms with Crippen LogP contribution < -0.4 is 0 Å². The molecule has 13 heavy (non-hydrogen) atoms. The predicted molar refractivity (Wildman–Crippen MR) is 65.9 cm³/mol. The lowest BCUT2D eigenvalue weighted by molar-refractivity contribution is 1.06. The zero-order valence-corrected chi connectivity index (χ0v) is 8.84. The van der Waals surface area contributed by atoms with Gasteiger partial charge in [0.05, 0.1) is 0 Å². The van der Waals surface area contributed by atoms with Gasteiger partial charge in [-0.15, -0.1) is 19.7 Å². The van der Waals surface area contributed by atoms with Gasteiger partial charge in [0.2, 0.25) is 0 Å². The van der Waals surface area contributed by atoms with Crippen molar-refractivity contribution in [1.82, 2.24) is 0 Å². The quantitative estimate of drug-likeness (QED) is 0.333. The van der Waals surface area contributed by atoms with Crippen molar-refractivity contribution in [1.29, 1.82) is 0 Å². The first kappa shape index (κ1) is 17.7. The second kappa shape index (κ2) is 31.0. The van der Waals surface area contributed by atoms with Crippen molar-refractivity contribution in [3.05, 3.63) is 63.3 Å². The first-order chi connectivity index (χ1) is 6.24. The maximum atomic E-state index is 3.55. The highest BCUT2D eigenvalue weighted by atomic mass is 13.7. The summed E-state index contributed by atoms with van der Waals surface area (Å²) in [6.07, 6.45) is 10.9. The topological polar surface area (TPSA) is 0 Å². The highest BCUT2D eigenvalue weighted by molar-refractivity contribution is 4.88. The highest BCUT2D eigenvalue weighted by Crippen LogP contribution is 1.86. The van der Waals surface area contributed by atoms with E-state index in [2.05, 4.69) is 32.9 Å². The van der Waals surface area contributed by atoms with Crippen LogP contribution in [0.1, 0.15) is 19.8 Å². The number of allylic oxidation sites excluding steroid dienone is 5. The fourth-order valence-electron chi connectivity index (χ4n) is 0.236. The zero-order valence-electron chi connectivity index (χ0n) is 8.84. The number of hydrogen-bond donors (Lipinski definition) is 0. The Balaban J connectivity index is -0.000000125. The third kappa shape index (κ3) is 111. The average molecular weight is 178 g/mol. The number of rotatable bonds is 4. The Bertz CT molecular complexity index is 115. The molecule has 0 heterocycles. The smallest absolute Gasteiger partial charge is 0.0319 e. The molecule has 0 aromatic rings. The summed E-state index contributed by atoms with van der Waals surface area (Å²) in [5, 5.41) is 0. The Morgan fingerprint density at radius 1 is 0.769 bits per heavy atom. The van der Waals surface area contributed by atoms with Crippen molar-refractivity contribution in [2.75, 3.05) is 0 Å². The molecule has 0 bridgehead atoms. The molecule has 0 nitrogen and oxygen atoms in total. The van der Waals surface area contributed by atoms with Gasteiger partial charge in [0.15, 0.2) is 0 Å². The SMILES string of the molecule is C=CC.C=CC=C.C=CCCC=C. The maximum Gasteiger partial charge on any atom is -0.0319 e. The van der Waals surface area contributed by atoms with E-state index in [1.54, 1.807) is 18.2 Å². The monoisotopic (exact) mass is 178 g/mol. The third-order valence-electron chi connectivity index (χ3n) is 0.742. The van der Waals surface area contributed by atoms with Crippen LogP contribution in [0.15, 0.2) is 63.3 Å². The minimum Gasteiger partial charge on any atom is -0.103 e. The van der Waals surface area contributed by atoms with Gasteiger partial charge in [-0.25, -0.2) is 0 Å². The van der Waals surface area contributed by atoms with Gasteiger partial charge in [-0.1, -0.05) is 43.5 Å². The van der Waals surface area contributed by atoms with Gasteiger partial charge in [0.1, 0.15) is 0 Å². The molecule has 0 aliphatic heterocycles. The minimum absolute atomic E-state index is 1.06. The second-order valence-corrected chi connectivity index (χ2v) is 2.03. The molecule has 0 aromatic heterocycles. The van der Waals surface area contributed by atoms with E-state index in [9.17, 15) is 0 Å². The molecule has 74 valence electrons. The molecule has 0 radical (unpaired) electrons. The summed E-state index contributed by atoms with van der Waals surface area (Å²) in [7, 11) is 0. The first-order valence-corrected chi connectivity index (χ1v) is 4.27. The molecule has 0 amide bonds.